The molecule has 0 saturated heterocycles. The molecule has 0 spiro atoms. The highest BCUT2D eigenvalue weighted by molar-refractivity contribution is 9.10. The predicted octanol–water partition coefficient (Wildman–Crippen LogP) is 6.03. The number of esters is 1. The summed E-state index contributed by atoms with van der Waals surface area (Å²) in [4.78, 5) is 36.2. The van der Waals surface area contributed by atoms with Crippen molar-refractivity contribution in [2.75, 3.05) is 6.61 Å². The number of hydrogen-bond donors (Lipinski definition) is 1. The van der Waals surface area contributed by atoms with E-state index in [1.807, 2.05) is 17.7 Å². The second-order valence-electron chi connectivity index (χ2n) is 9.58. The SMILES string of the molecule is CCOC(=O)c1cn([C@H](CCC(C)(C)[Si](C)(C)O)C(C)C)c2cc(F)c(Br)cc2c1=O. The largest absolute Gasteiger partial charge is 0.462 e. The van der Waals surface area contributed by atoms with Crippen LogP contribution in [-0.2, 0) is 4.74 Å². The molecule has 1 N–H and O–H groups in total. The molecular formula is C23H33BrFNO4Si. The van der Waals surface area contributed by atoms with E-state index in [4.69, 9.17) is 4.74 Å². The Morgan fingerprint density at radius 2 is 1.94 bits per heavy atom. The molecule has 172 valence electrons. The number of ether oxygens (including phenoxy) is 1. The summed E-state index contributed by atoms with van der Waals surface area (Å²) in [5.74, 6) is -1.02. The van der Waals surface area contributed by atoms with Gasteiger partial charge in [0.05, 0.1) is 16.6 Å². The van der Waals surface area contributed by atoms with E-state index in [1.165, 1.54) is 18.3 Å². The van der Waals surface area contributed by atoms with Gasteiger partial charge in [-0.3, -0.25) is 4.79 Å². The highest BCUT2D eigenvalue weighted by Crippen LogP contribution is 2.42. The van der Waals surface area contributed by atoms with Crippen LogP contribution in [0.25, 0.3) is 10.9 Å². The quantitative estimate of drug-likeness (QED) is 0.345. The molecule has 1 heterocycles. The number of hydrogen-bond acceptors (Lipinski definition) is 4. The highest BCUT2D eigenvalue weighted by atomic mass is 79.9. The molecule has 1 atom stereocenters. The van der Waals surface area contributed by atoms with Crippen molar-refractivity contribution in [3.8, 4) is 0 Å². The number of carbonyl (C=O) groups is 1. The van der Waals surface area contributed by atoms with E-state index in [2.05, 4.69) is 43.6 Å². The molecule has 8 heteroatoms. The van der Waals surface area contributed by atoms with Crippen LogP contribution in [0.5, 0.6) is 0 Å². The molecule has 0 unspecified atom stereocenters. The molecule has 0 radical (unpaired) electrons. The Morgan fingerprint density at radius 3 is 2.45 bits per heavy atom. The molecule has 0 aliphatic heterocycles. The van der Waals surface area contributed by atoms with E-state index in [0.717, 1.165) is 6.42 Å². The molecule has 0 bridgehead atoms. The number of benzene rings is 1. The van der Waals surface area contributed by atoms with Crippen LogP contribution in [0.1, 0.15) is 63.9 Å². The lowest BCUT2D eigenvalue weighted by Gasteiger charge is -2.37. The minimum atomic E-state index is -2.41. The standard InChI is InChI=1S/C23H33BrFNO4Si/c1-8-30-22(28)16-13-26(20-12-18(25)17(24)11-15(20)21(16)27)19(14(2)3)9-10-23(4,5)31(6,7)29/h11-14,19,29H,8-10H2,1-7H3/t19-/m1/s1. The third kappa shape index (κ3) is 5.46. The lowest BCUT2D eigenvalue weighted by atomic mass is 9.93. The van der Waals surface area contributed by atoms with E-state index in [9.17, 15) is 18.8 Å². The van der Waals surface area contributed by atoms with Crippen molar-refractivity contribution in [3.63, 3.8) is 0 Å². The van der Waals surface area contributed by atoms with Gasteiger partial charge in [0.25, 0.3) is 0 Å². The number of fused-ring (bicyclic) bond motifs is 1. The van der Waals surface area contributed by atoms with Gasteiger partial charge in [0.1, 0.15) is 11.4 Å². The van der Waals surface area contributed by atoms with Crippen molar-refractivity contribution < 1.29 is 18.7 Å². The highest BCUT2D eigenvalue weighted by Gasteiger charge is 2.38. The normalized spacial score (nSPS) is 13.6. The number of rotatable bonds is 8. The van der Waals surface area contributed by atoms with Crippen molar-refractivity contribution in [2.24, 2.45) is 5.92 Å². The first-order valence-electron chi connectivity index (χ1n) is 10.6. The molecule has 1 aromatic heterocycles. The van der Waals surface area contributed by atoms with Gasteiger partial charge in [-0.2, -0.15) is 0 Å². The van der Waals surface area contributed by atoms with Crippen molar-refractivity contribution in [1.82, 2.24) is 4.57 Å². The van der Waals surface area contributed by atoms with E-state index < -0.39 is 25.5 Å². The molecule has 2 aromatic rings. The van der Waals surface area contributed by atoms with E-state index in [-0.39, 0.29) is 39.0 Å². The Labute approximate surface area is 192 Å². The molecular weight excluding hydrogens is 481 g/mol. The van der Waals surface area contributed by atoms with Gasteiger partial charge in [-0.25, -0.2) is 9.18 Å². The minimum Gasteiger partial charge on any atom is -0.462 e. The number of carbonyl (C=O) groups excluding carboxylic acids is 1. The van der Waals surface area contributed by atoms with E-state index in [1.54, 1.807) is 6.92 Å². The summed E-state index contributed by atoms with van der Waals surface area (Å²) in [6.45, 7) is 14.0. The summed E-state index contributed by atoms with van der Waals surface area (Å²) in [5, 5.41) is 0.0355. The first-order valence-corrected chi connectivity index (χ1v) is 14.4. The monoisotopic (exact) mass is 513 g/mol. The van der Waals surface area contributed by atoms with Crippen LogP contribution in [0.2, 0.25) is 18.1 Å². The second kappa shape index (κ2) is 9.54. The van der Waals surface area contributed by atoms with E-state index in [0.29, 0.717) is 11.9 Å². The molecule has 0 aliphatic rings. The van der Waals surface area contributed by atoms with Crippen LogP contribution in [-0.4, -0.2) is 30.3 Å². The lowest BCUT2D eigenvalue weighted by molar-refractivity contribution is 0.0523. The lowest BCUT2D eigenvalue weighted by Crippen LogP contribution is -2.39. The van der Waals surface area contributed by atoms with Gasteiger partial charge in [0, 0.05) is 17.6 Å². The van der Waals surface area contributed by atoms with Gasteiger partial charge in [-0.05, 0) is 71.9 Å². The fraction of sp³-hybridized carbons (Fsp3) is 0.565. The molecule has 0 amide bonds. The number of pyridine rings is 1. The smallest absolute Gasteiger partial charge is 0.343 e. The predicted molar refractivity (Wildman–Crippen MR) is 129 cm³/mol. The summed E-state index contributed by atoms with van der Waals surface area (Å²) < 4.78 is 21.6. The van der Waals surface area contributed by atoms with Crippen molar-refractivity contribution in [2.45, 2.75) is 71.6 Å². The third-order valence-electron chi connectivity index (χ3n) is 6.42. The average molecular weight is 515 g/mol. The zero-order valence-electron chi connectivity index (χ0n) is 19.4. The third-order valence-corrected chi connectivity index (χ3v) is 10.6. The first-order chi connectivity index (χ1) is 14.2. The van der Waals surface area contributed by atoms with Crippen molar-refractivity contribution in [3.05, 3.63) is 44.4 Å². The van der Waals surface area contributed by atoms with Crippen molar-refractivity contribution in [1.29, 1.82) is 0 Å². The maximum atomic E-state index is 14.5. The van der Waals surface area contributed by atoms with Gasteiger partial charge in [0.2, 0.25) is 5.43 Å². The Hall–Kier alpha value is -1.51. The minimum absolute atomic E-state index is 0.0605. The Kier molecular flexibility index (Phi) is 7.93. The molecule has 5 nitrogen and oxygen atoms in total. The van der Waals surface area contributed by atoms with Gasteiger partial charge in [-0.1, -0.05) is 27.7 Å². The summed E-state index contributed by atoms with van der Waals surface area (Å²) in [7, 11) is -2.41. The summed E-state index contributed by atoms with van der Waals surface area (Å²) in [5.41, 5.74) is -0.0949. The van der Waals surface area contributed by atoms with Crippen LogP contribution < -0.4 is 5.43 Å². The Morgan fingerprint density at radius 1 is 1.32 bits per heavy atom. The van der Waals surface area contributed by atoms with Gasteiger partial charge < -0.3 is 14.1 Å². The first kappa shape index (κ1) is 25.7. The maximum Gasteiger partial charge on any atom is 0.343 e. The molecule has 0 fully saturated rings. The van der Waals surface area contributed by atoms with Crippen LogP contribution in [0, 0.1) is 11.7 Å². The molecule has 0 aliphatic carbocycles. The van der Waals surface area contributed by atoms with Crippen molar-refractivity contribution >= 4 is 41.1 Å². The number of halogens is 2. The second-order valence-corrected chi connectivity index (χ2v) is 14.9. The zero-order chi connectivity index (χ0) is 23.7. The van der Waals surface area contributed by atoms with Crippen LogP contribution >= 0.6 is 15.9 Å². The van der Waals surface area contributed by atoms with E-state index >= 15 is 0 Å². The summed E-state index contributed by atoms with van der Waals surface area (Å²) in [6, 6.07) is 2.66. The van der Waals surface area contributed by atoms with Gasteiger partial charge >= 0.3 is 5.97 Å². The Bertz CT molecular complexity index is 1030. The average Bonchev–Trinajstić information content (AvgIpc) is 2.64. The fourth-order valence-corrected chi connectivity index (χ4v) is 4.68. The van der Waals surface area contributed by atoms with Crippen LogP contribution in [0.15, 0.2) is 27.6 Å². The zero-order valence-corrected chi connectivity index (χ0v) is 22.0. The summed E-state index contributed by atoms with van der Waals surface area (Å²) >= 11 is 3.15. The molecule has 2 rings (SSSR count). The number of aromatic nitrogens is 1. The summed E-state index contributed by atoms with van der Waals surface area (Å²) in [6.07, 6.45) is 2.97. The van der Waals surface area contributed by atoms with Gasteiger partial charge in [0.15, 0.2) is 8.32 Å². The topological polar surface area (TPSA) is 68.5 Å². The van der Waals surface area contributed by atoms with Crippen LogP contribution in [0.4, 0.5) is 4.39 Å². The Balaban J connectivity index is 2.71. The van der Waals surface area contributed by atoms with Gasteiger partial charge in [-0.15, -0.1) is 0 Å². The fourth-order valence-electron chi connectivity index (χ4n) is 3.58. The molecule has 31 heavy (non-hydrogen) atoms. The van der Waals surface area contributed by atoms with Crippen LogP contribution in [0.3, 0.4) is 0 Å². The molecule has 1 aromatic carbocycles. The maximum absolute atomic E-state index is 14.5. The number of nitrogens with zero attached hydrogens (tertiary/aromatic N) is 1. The molecule has 0 saturated carbocycles.